The molecule has 0 fully saturated rings. The third kappa shape index (κ3) is 2.23. The van der Waals surface area contributed by atoms with Crippen molar-refractivity contribution in [3.8, 4) is 0 Å². The Bertz CT molecular complexity index is 798. The lowest BCUT2D eigenvalue weighted by atomic mass is 10.2. The van der Waals surface area contributed by atoms with Crippen molar-refractivity contribution in [1.29, 1.82) is 0 Å². The van der Waals surface area contributed by atoms with Crippen molar-refractivity contribution in [3.63, 3.8) is 0 Å². The van der Waals surface area contributed by atoms with Crippen LogP contribution in [0.15, 0.2) is 42.7 Å². The van der Waals surface area contributed by atoms with E-state index in [1.807, 2.05) is 0 Å². The van der Waals surface area contributed by atoms with E-state index in [0.29, 0.717) is 5.69 Å². The van der Waals surface area contributed by atoms with Gasteiger partial charge in [-0.2, -0.15) is 0 Å². The average molecular weight is 273 g/mol. The van der Waals surface area contributed by atoms with Crippen molar-refractivity contribution >= 4 is 22.6 Å². The Kier molecular flexibility index (Phi) is 2.90. The van der Waals surface area contributed by atoms with Crippen LogP contribution in [0.3, 0.4) is 0 Å². The van der Waals surface area contributed by atoms with Gasteiger partial charge in [-0.1, -0.05) is 0 Å². The molecule has 0 radical (unpaired) electrons. The molecule has 2 aromatic carbocycles. The fourth-order valence-corrected chi connectivity index (χ4v) is 1.88. The van der Waals surface area contributed by atoms with Crippen molar-refractivity contribution in [2.45, 2.75) is 0 Å². The first kappa shape index (κ1) is 12.3. The lowest BCUT2D eigenvalue weighted by Crippen LogP contribution is -2.14. The van der Waals surface area contributed by atoms with Gasteiger partial charge in [0, 0.05) is 5.69 Å². The number of aromatic amines is 1. The van der Waals surface area contributed by atoms with Crippen LogP contribution in [-0.4, -0.2) is 15.9 Å². The van der Waals surface area contributed by atoms with Crippen molar-refractivity contribution in [2.75, 3.05) is 5.32 Å². The summed E-state index contributed by atoms with van der Waals surface area (Å²) in [6.45, 7) is 0. The molecule has 0 bridgehead atoms. The van der Waals surface area contributed by atoms with Crippen molar-refractivity contribution in [1.82, 2.24) is 9.97 Å². The molecule has 100 valence electrons. The minimum atomic E-state index is -0.772. The predicted molar refractivity (Wildman–Crippen MR) is 70.4 cm³/mol. The molecule has 2 N–H and O–H groups in total. The number of halogens is 2. The highest BCUT2D eigenvalue weighted by atomic mass is 19.1. The average Bonchev–Trinajstić information content (AvgIpc) is 2.89. The third-order valence-corrected chi connectivity index (χ3v) is 2.85. The van der Waals surface area contributed by atoms with E-state index in [4.69, 9.17) is 0 Å². The van der Waals surface area contributed by atoms with Crippen molar-refractivity contribution < 1.29 is 13.6 Å². The molecular formula is C14H9F2N3O. The predicted octanol–water partition coefficient (Wildman–Crippen LogP) is 3.09. The summed E-state index contributed by atoms with van der Waals surface area (Å²) in [5.41, 5.74) is 1.62. The van der Waals surface area contributed by atoms with Gasteiger partial charge in [-0.05, 0) is 36.4 Å². The number of imidazole rings is 1. The third-order valence-electron chi connectivity index (χ3n) is 2.85. The summed E-state index contributed by atoms with van der Waals surface area (Å²) in [4.78, 5) is 18.9. The van der Waals surface area contributed by atoms with Gasteiger partial charge < -0.3 is 10.3 Å². The monoisotopic (exact) mass is 273 g/mol. The SMILES string of the molecule is O=C(Nc1ccc2nc[nH]c2c1)c1cc(F)ccc1F. The first-order valence-corrected chi connectivity index (χ1v) is 5.83. The highest BCUT2D eigenvalue weighted by molar-refractivity contribution is 6.05. The Hall–Kier alpha value is -2.76. The maximum absolute atomic E-state index is 13.5. The zero-order valence-electron chi connectivity index (χ0n) is 10.2. The molecule has 3 rings (SSSR count). The number of fused-ring (bicyclic) bond motifs is 1. The number of H-pyrrole nitrogens is 1. The largest absolute Gasteiger partial charge is 0.345 e. The molecule has 0 saturated carbocycles. The van der Waals surface area contributed by atoms with E-state index in [1.54, 1.807) is 18.2 Å². The van der Waals surface area contributed by atoms with E-state index >= 15 is 0 Å². The molecule has 0 aliphatic carbocycles. The topological polar surface area (TPSA) is 57.8 Å². The van der Waals surface area contributed by atoms with Gasteiger partial charge in [0.05, 0.1) is 22.9 Å². The number of nitrogens with zero attached hydrogens (tertiary/aromatic N) is 1. The maximum Gasteiger partial charge on any atom is 0.258 e. The van der Waals surface area contributed by atoms with Crippen LogP contribution in [0.5, 0.6) is 0 Å². The fourth-order valence-electron chi connectivity index (χ4n) is 1.88. The van der Waals surface area contributed by atoms with Gasteiger partial charge in [-0.15, -0.1) is 0 Å². The summed E-state index contributed by atoms with van der Waals surface area (Å²) in [6.07, 6.45) is 1.53. The normalized spacial score (nSPS) is 10.7. The zero-order chi connectivity index (χ0) is 14.1. The molecule has 0 saturated heterocycles. The van der Waals surface area contributed by atoms with Gasteiger partial charge in [0.15, 0.2) is 0 Å². The summed E-state index contributed by atoms with van der Waals surface area (Å²) >= 11 is 0. The van der Waals surface area contributed by atoms with Gasteiger partial charge in [0.2, 0.25) is 0 Å². The zero-order valence-corrected chi connectivity index (χ0v) is 10.2. The smallest absolute Gasteiger partial charge is 0.258 e. The van der Waals surface area contributed by atoms with Crippen LogP contribution in [0.25, 0.3) is 11.0 Å². The molecule has 6 heteroatoms. The first-order chi connectivity index (χ1) is 9.63. The molecule has 4 nitrogen and oxygen atoms in total. The summed E-state index contributed by atoms with van der Waals surface area (Å²) in [5, 5.41) is 2.51. The summed E-state index contributed by atoms with van der Waals surface area (Å²) < 4.78 is 26.5. The van der Waals surface area contributed by atoms with E-state index in [9.17, 15) is 13.6 Å². The number of anilines is 1. The molecule has 1 aromatic heterocycles. The van der Waals surface area contributed by atoms with E-state index in [2.05, 4.69) is 15.3 Å². The second-order valence-corrected chi connectivity index (χ2v) is 4.21. The van der Waals surface area contributed by atoms with Gasteiger partial charge in [-0.25, -0.2) is 13.8 Å². The maximum atomic E-state index is 13.5. The van der Waals surface area contributed by atoms with Crippen molar-refractivity contribution in [3.05, 3.63) is 59.9 Å². The van der Waals surface area contributed by atoms with Crippen molar-refractivity contribution in [2.24, 2.45) is 0 Å². The van der Waals surface area contributed by atoms with E-state index in [1.165, 1.54) is 6.33 Å². The number of benzene rings is 2. The lowest BCUT2D eigenvalue weighted by Gasteiger charge is -2.06. The Morgan fingerprint density at radius 2 is 2.00 bits per heavy atom. The van der Waals surface area contributed by atoms with E-state index in [-0.39, 0.29) is 5.56 Å². The fraction of sp³-hybridized carbons (Fsp3) is 0. The van der Waals surface area contributed by atoms with E-state index < -0.39 is 17.5 Å². The number of aromatic nitrogens is 2. The Labute approximate surface area is 112 Å². The van der Waals surface area contributed by atoms with Crippen LogP contribution < -0.4 is 5.32 Å². The lowest BCUT2D eigenvalue weighted by molar-refractivity contribution is 0.102. The Morgan fingerprint density at radius 1 is 1.15 bits per heavy atom. The molecule has 3 aromatic rings. The first-order valence-electron chi connectivity index (χ1n) is 5.83. The molecule has 1 heterocycles. The van der Waals surface area contributed by atoms with Gasteiger partial charge >= 0.3 is 0 Å². The Balaban J connectivity index is 1.89. The second-order valence-electron chi connectivity index (χ2n) is 4.21. The summed E-state index contributed by atoms with van der Waals surface area (Å²) in [6, 6.07) is 7.75. The molecule has 0 atom stereocenters. The molecule has 20 heavy (non-hydrogen) atoms. The van der Waals surface area contributed by atoms with Gasteiger partial charge in [-0.3, -0.25) is 4.79 Å². The number of hydrogen-bond donors (Lipinski definition) is 2. The van der Waals surface area contributed by atoms with Gasteiger partial charge in [0.25, 0.3) is 5.91 Å². The summed E-state index contributed by atoms with van der Waals surface area (Å²) in [7, 11) is 0. The van der Waals surface area contributed by atoms with Gasteiger partial charge in [0.1, 0.15) is 11.6 Å². The number of hydrogen-bond acceptors (Lipinski definition) is 2. The minimum Gasteiger partial charge on any atom is -0.345 e. The summed E-state index contributed by atoms with van der Waals surface area (Å²) in [5.74, 6) is -2.15. The molecule has 0 aliphatic heterocycles. The minimum absolute atomic E-state index is 0.338. The van der Waals surface area contributed by atoms with Crippen LogP contribution in [-0.2, 0) is 0 Å². The number of carbonyl (C=O) groups is 1. The van der Waals surface area contributed by atoms with E-state index in [0.717, 1.165) is 29.2 Å². The highest BCUT2D eigenvalue weighted by Gasteiger charge is 2.13. The Morgan fingerprint density at radius 3 is 2.85 bits per heavy atom. The van der Waals surface area contributed by atoms with Crippen LogP contribution in [0, 0.1) is 11.6 Å². The standard InChI is InChI=1S/C14H9F2N3O/c15-8-1-3-11(16)10(5-8)14(20)19-9-2-4-12-13(6-9)18-7-17-12/h1-7H,(H,17,18)(H,19,20). The van der Waals surface area contributed by atoms with Crippen LogP contribution in [0.1, 0.15) is 10.4 Å². The molecule has 0 aliphatic rings. The quantitative estimate of drug-likeness (QED) is 0.753. The number of nitrogens with one attached hydrogen (secondary N) is 2. The highest BCUT2D eigenvalue weighted by Crippen LogP contribution is 2.17. The molecule has 0 spiro atoms. The molecule has 1 amide bonds. The number of amides is 1. The molecular weight excluding hydrogens is 264 g/mol. The molecule has 0 unspecified atom stereocenters. The van der Waals surface area contributed by atoms with Crippen LogP contribution >= 0.6 is 0 Å². The number of carbonyl (C=O) groups excluding carboxylic acids is 1. The van der Waals surface area contributed by atoms with Crippen LogP contribution in [0.4, 0.5) is 14.5 Å². The van der Waals surface area contributed by atoms with Crippen LogP contribution in [0.2, 0.25) is 0 Å². The number of rotatable bonds is 2. The second kappa shape index (κ2) is 4.73.